The van der Waals surface area contributed by atoms with Gasteiger partial charge in [0.25, 0.3) is 10.0 Å². The maximum atomic E-state index is 14.1. The highest BCUT2D eigenvalue weighted by Gasteiger charge is 2.34. The summed E-state index contributed by atoms with van der Waals surface area (Å²) in [7, 11) is -4.14. The van der Waals surface area contributed by atoms with E-state index in [1.807, 2.05) is 27.0 Å². The average Bonchev–Trinajstić information content (AvgIpc) is 2.96. The molecule has 3 aromatic rings. The Morgan fingerprint density at radius 1 is 0.976 bits per heavy atom. The minimum Gasteiger partial charge on any atom is -0.354 e. The lowest BCUT2D eigenvalue weighted by Gasteiger charge is -2.33. The van der Waals surface area contributed by atoms with Gasteiger partial charge in [0, 0.05) is 28.0 Å². The number of amides is 2. The van der Waals surface area contributed by atoms with Crippen LogP contribution in [0.3, 0.4) is 0 Å². The van der Waals surface area contributed by atoms with Gasteiger partial charge in [0.2, 0.25) is 11.8 Å². The fraction of sp³-hybridized carbons (Fsp3) is 0.333. The van der Waals surface area contributed by atoms with Crippen LogP contribution in [0, 0.1) is 6.92 Å². The lowest BCUT2D eigenvalue weighted by molar-refractivity contribution is -0.140. The van der Waals surface area contributed by atoms with E-state index in [1.165, 1.54) is 28.8 Å². The molecule has 0 unspecified atom stereocenters. The van der Waals surface area contributed by atoms with Gasteiger partial charge in [0.05, 0.1) is 10.6 Å². The summed E-state index contributed by atoms with van der Waals surface area (Å²) in [5.74, 6) is -0.857. The predicted molar refractivity (Wildman–Crippen MR) is 168 cm³/mol. The number of nitrogens with one attached hydrogen (secondary N) is 1. The van der Waals surface area contributed by atoms with Gasteiger partial charge in [0.1, 0.15) is 12.6 Å². The van der Waals surface area contributed by atoms with Crippen molar-refractivity contribution in [1.82, 2.24) is 10.2 Å². The van der Waals surface area contributed by atoms with Crippen LogP contribution in [0.1, 0.15) is 37.8 Å². The second-order valence-corrected chi connectivity index (χ2v) is 13.1. The van der Waals surface area contributed by atoms with Crippen molar-refractivity contribution in [2.24, 2.45) is 0 Å². The van der Waals surface area contributed by atoms with E-state index in [0.29, 0.717) is 34.3 Å². The number of sulfonamides is 1. The average molecular weight is 637 g/mol. The molecule has 3 aromatic carbocycles. The molecule has 2 amide bonds. The molecular formula is C30H35Cl2N3O4S2. The van der Waals surface area contributed by atoms with Crippen molar-refractivity contribution < 1.29 is 18.0 Å². The van der Waals surface area contributed by atoms with E-state index in [1.54, 1.807) is 54.6 Å². The van der Waals surface area contributed by atoms with Crippen LogP contribution in [0.5, 0.6) is 0 Å². The van der Waals surface area contributed by atoms with Crippen LogP contribution in [0.2, 0.25) is 10.0 Å². The third-order valence-electron chi connectivity index (χ3n) is 6.54. The van der Waals surface area contributed by atoms with Gasteiger partial charge in [0.15, 0.2) is 0 Å². The molecule has 220 valence electrons. The van der Waals surface area contributed by atoms with E-state index in [9.17, 15) is 18.0 Å². The van der Waals surface area contributed by atoms with E-state index in [4.69, 9.17) is 23.2 Å². The maximum Gasteiger partial charge on any atom is 0.264 e. The first kappa shape index (κ1) is 32.8. The van der Waals surface area contributed by atoms with Crippen LogP contribution in [-0.4, -0.2) is 50.5 Å². The molecule has 0 saturated heterocycles. The Bertz CT molecular complexity index is 1450. The number of anilines is 1. The minimum atomic E-state index is -4.14. The van der Waals surface area contributed by atoms with E-state index < -0.39 is 28.5 Å². The summed E-state index contributed by atoms with van der Waals surface area (Å²) < 4.78 is 29.0. The monoisotopic (exact) mass is 635 g/mol. The summed E-state index contributed by atoms with van der Waals surface area (Å²) in [6.07, 6.45) is 2.96. The molecule has 0 saturated carbocycles. The summed E-state index contributed by atoms with van der Waals surface area (Å²) in [5, 5.41) is 3.65. The smallest absolute Gasteiger partial charge is 0.264 e. The summed E-state index contributed by atoms with van der Waals surface area (Å²) in [5.41, 5.74) is 1.87. The Kier molecular flexibility index (Phi) is 12.0. The molecular weight excluding hydrogens is 601 g/mol. The Balaban J connectivity index is 2.07. The summed E-state index contributed by atoms with van der Waals surface area (Å²) in [6.45, 7) is 5.58. The zero-order chi connectivity index (χ0) is 30.2. The predicted octanol–water partition coefficient (Wildman–Crippen LogP) is 6.55. The van der Waals surface area contributed by atoms with Gasteiger partial charge in [-0.05, 0) is 80.1 Å². The van der Waals surface area contributed by atoms with Gasteiger partial charge < -0.3 is 10.2 Å². The van der Waals surface area contributed by atoms with E-state index in [2.05, 4.69) is 5.32 Å². The number of rotatable bonds is 13. The van der Waals surface area contributed by atoms with E-state index >= 15 is 0 Å². The second kappa shape index (κ2) is 15.0. The molecule has 3 rings (SSSR count). The number of aryl methyl sites for hydroxylation is 1. The van der Waals surface area contributed by atoms with Crippen molar-refractivity contribution in [3.05, 3.63) is 87.9 Å². The molecule has 0 radical (unpaired) electrons. The first-order chi connectivity index (χ1) is 19.5. The number of thioether (sulfide) groups is 1. The van der Waals surface area contributed by atoms with Crippen molar-refractivity contribution in [1.29, 1.82) is 0 Å². The first-order valence-electron chi connectivity index (χ1n) is 13.3. The molecule has 0 bridgehead atoms. The first-order valence-corrected chi connectivity index (χ1v) is 16.7. The molecule has 11 heteroatoms. The van der Waals surface area contributed by atoms with Crippen molar-refractivity contribution in [3.63, 3.8) is 0 Å². The second-order valence-electron chi connectivity index (χ2n) is 9.50. The largest absolute Gasteiger partial charge is 0.354 e. The lowest BCUT2D eigenvalue weighted by atomic mass is 10.1. The number of halogens is 2. The normalized spacial score (nSPS) is 12.0. The van der Waals surface area contributed by atoms with Crippen molar-refractivity contribution >= 4 is 62.5 Å². The van der Waals surface area contributed by atoms with Gasteiger partial charge in [-0.2, -0.15) is 0 Å². The molecule has 0 spiro atoms. The van der Waals surface area contributed by atoms with Crippen LogP contribution < -0.4 is 9.62 Å². The molecule has 0 heterocycles. The van der Waals surface area contributed by atoms with Gasteiger partial charge in [-0.3, -0.25) is 13.9 Å². The van der Waals surface area contributed by atoms with E-state index in [-0.39, 0.29) is 17.3 Å². The quantitative estimate of drug-likeness (QED) is 0.215. The number of carbonyl (C=O) groups excluding carboxylic acids is 2. The Labute approximate surface area is 257 Å². The van der Waals surface area contributed by atoms with Crippen LogP contribution in [0.25, 0.3) is 0 Å². The highest BCUT2D eigenvalue weighted by atomic mass is 35.5. The van der Waals surface area contributed by atoms with Crippen molar-refractivity contribution in [2.45, 2.75) is 56.0 Å². The standard InChI is InChI=1S/C30H35Cl2N3O4S2/c1-5-17-33-30(37)28(6-2)34(19-22-9-10-23(31)18-27(22)32)29(36)20-35(24-11-7-21(3)8-12-24)41(38,39)26-15-13-25(40-4)14-16-26/h7-16,18,28H,5-6,17,19-20H2,1-4H3,(H,33,37)/t28-/m0/s1. The van der Waals surface area contributed by atoms with Gasteiger partial charge in [-0.1, -0.05) is 60.8 Å². The fourth-order valence-corrected chi connectivity index (χ4v) is 6.52. The molecule has 1 atom stereocenters. The topological polar surface area (TPSA) is 86.8 Å². The SMILES string of the molecule is CCCNC(=O)[C@H](CC)N(Cc1ccc(Cl)cc1Cl)C(=O)CN(c1ccc(C)cc1)S(=O)(=O)c1ccc(SC)cc1. The Hall–Kier alpha value is -2.72. The molecule has 0 aromatic heterocycles. The number of nitrogens with zero attached hydrogens (tertiary/aromatic N) is 2. The fourth-order valence-electron chi connectivity index (χ4n) is 4.23. The highest BCUT2D eigenvalue weighted by Crippen LogP contribution is 2.28. The van der Waals surface area contributed by atoms with Crippen LogP contribution in [-0.2, 0) is 26.2 Å². The molecule has 0 aliphatic rings. The molecule has 41 heavy (non-hydrogen) atoms. The number of hydrogen-bond acceptors (Lipinski definition) is 5. The summed E-state index contributed by atoms with van der Waals surface area (Å²) >= 11 is 14.0. The zero-order valence-electron chi connectivity index (χ0n) is 23.6. The summed E-state index contributed by atoms with van der Waals surface area (Å²) in [4.78, 5) is 29.7. The van der Waals surface area contributed by atoms with Crippen LogP contribution in [0.15, 0.2) is 76.5 Å². The zero-order valence-corrected chi connectivity index (χ0v) is 26.7. The Morgan fingerprint density at radius 3 is 2.20 bits per heavy atom. The van der Waals surface area contributed by atoms with Gasteiger partial charge in [-0.15, -0.1) is 11.8 Å². The maximum absolute atomic E-state index is 14.1. The van der Waals surface area contributed by atoms with Crippen molar-refractivity contribution in [3.8, 4) is 0 Å². The highest BCUT2D eigenvalue weighted by molar-refractivity contribution is 7.98. The van der Waals surface area contributed by atoms with Crippen molar-refractivity contribution in [2.75, 3.05) is 23.7 Å². The third kappa shape index (κ3) is 8.41. The molecule has 0 aliphatic carbocycles. The number of benzene rings is 3. The third-order valence-corrected chi connectivity index (χ3v) is 9.66. The van der Waals surface area contributed by atoms with E-state index in [0.717, 1.165) is 21.2 Å². The molecule has 7 nitrogen and oxygen atoms in total. The minimum absolute atomic E-state index is 0.00288. The molecule has 0 fully saturated rings. The molecule has 0 aliphatic heterocycles. The number of hydrogen-bond donors (Lipinski definition) is 1. The van der Waals surface area contributed by atoms with Gasteiger partial charge in [-0.25, -0.2) is 8.42 Å². The Morgan fingerprint density at radius 2 is 1.63 bits per heavy atom. The number of carbonyl (C=O) groups is 2. The van der Waals surface area contributed by atoms with Crippen LogP contribution in [0.4, 0.5) is 5.69 Å². The summed E-state index contributed by atoms with van der Waals surface area (Å²) in [6, 6.07) is 17.5. The lowest BCUT2D eigenvalue weighted by Crippen LogP contribution is -2.52. The molecule has 1 N–H and O–H groups in total. The van der Waals surface area contributed by atoms with Crippen LogP contribution >= 0.6 is 35.0 Å². The van der Waals surface area contributed by atoms with Gasteiger partial charge >= 0.3 is 0 Å².